The van der Waals surface area contributed by atoms with Gasteiger partial charge in [-0.2, -0.15) is 11.8 Å². The van der Waals surface area contributed by atoms with Crippen molar-refractivity contribution in [3.05, 3.63) is 11.9 Å². The summed E-state index contributed by atoms with van der Waals surface area (Å²) in [6.45, 7) is 4.28. The predicted molar refractivity (Wildman–Crippen MR) is 70.5 cm³/mol. The van der Waals surface area contributed by atoms with Crippen molar-refractivity contribution in [1.82, 2.24) is 9.97 Å². The fourth-order valence-corrected chi connectivity index (χ4v) is 2.86. The Hall–Kier alpha value is -0.970. The molecule has 5 heteroatoms. The highest BCUT2D eigenvalue weighted by molar-refractivity contribution is 7.99. The van der Waals surface area contributed by atoms with Crippen LogP contribution in [0.1, 0.15) is 12.0 Å². The van der Waals surface area contributed by atoms with Crippen molar-refractivity contribution in [2.45, 2.75) is 13.3 Å². The van der Waals surface area contributed by atoms with Gasteiger partial charge in [-0.05, 0) is 19.1 Å². The van der Waals surface area contributed by atoms with Gasteiger partial charge in [-0.3, -0.25) is 0 Å². The molecule has 0 aliphatic carbocycles. The Kier molecular flexibility index (Phi) is 3.88. The number of aromatic nitrogens is 2. The lowest BCUT2D eigenvalue weighted by Gasteiger charge is -2.23. The standard InChI is InChI=1S/C11H18N4S/c1-9-10(12-2)13-8-14-11(9)15-4-3-6-16-7-5-15/h8H,3-7H2,1-2H3,(H,12,13,14). The molecule has 0 unspecified atom stereocenters. The molecule has 1 aliphatic rings. The summed E-state index contributed by atoms with van der Waals surface area (Å²) in [5.41, 5.74) is 1.15. The maximum atomic E-state index is 4.42. The molecule has 0 radical (unpaired) electrons. The lowest BCUT2D eigenvalue weighted by Crippen LogP contribution is -2.27. The molecule has 4 nitrogen and oxygen atoms in total. The van der Waals surface area contributed by atoms with Gasteiger partial charge in [0, 0.05) is 31.5 Å². The third kappa shape index (κ3) is 2.40. The fourth-order valence-electron chi connectivity index (χ4n) is 1.97. The molecular weight excluding hydrogens is 220 g/mol. The lowest BCUT2D eigenvalue weighted by atomic mass is 10.2. The van der Waals surface area contributed by atoms with Crippen molar-refractivity contribution in [2.24, 2.45) is 0 Å². The van der Waals surface area contributed by atoms with Gasteiger partial charge in [0.05, 0.1) is 0 Å². The maximum absolute atomic E-state index is 4.42. The van der Waals surface area contributed by atoms with Crippen LogP contribution in [0, 0.1) is 6.92 Å². The molecule has 0 bridgehead atoms. The fraction of sp³-hybridized carbons (Fsp3) is 0.636. The number of hydrogen-bond donors (Lipinski definition) is 1. The number of nitrogens with one attached hydrogen (secondary N) is 1. The molecule has 1 fully saturated rings. The molecular formula is C11H18N4S. The highest BCUT2D eigenvalue weighted by Crippen LogP contribution is 2.23. The van der Waals surface area contributed by atoms with Gasteiger partial charge in [0.25, 0.3) is 0 Å². The van der Waals surface area contributed by atoms with Crippen molar-refractivity contribution in [3.63, 3.8) is 0 Å². The minimum Gasteiger partial charge on any atom is -0.373 e. The molecule has 0 saturated carbocycles. The Labute approximate surface area is 101 Å². The SMILES string of the molecule is CNc1ncnc(N2CCCSCC2)c1C. The first-order chi connectivity index (χ1) is 7.83. The lowest BCUT2D eigenvalue weighted by molar-refractivity contribution is 0.794. The number of hydrogen-bond acceptors (Lipinski definition) is 5. The smallest absolute Gasteiger partial charge is 0.137 e. The van der Waals surface area contributed by atoms with E-state index in [9.17, 15) is 0 Å². The zero-order valence-electron chi connectivity index (χ0n) is 9.86. The van der Waals surface area contributed by atoms with Crippen LogP contribution >= 0.6 is 11.8 Å². The number of thioether (sulfide) groups is 1. The van der Waals surface area contributed by atoms with Crippen LogP contribution in [0.25, 0.3) is 0 Å². The predicted octanol–water partition coefficient (Wildman–Crippen LogP) is 1.77. The van der Waals surface area contributed by atoms with Gasteiger partial charge >= 0.3 is 0 Å². The largest absolute Gasteiger partial charge is 0.373 e. The van der Waals surface area contributed by atoms with Crippen LogP contribution < -0.4 is 10.2 Å². The highest BCUT2D eigenvalue weighted by atomic mass is 32.2. The molecule has 1 aromatic heterocycles. The van der Waals surface area contributed by atoms with Gasteiger partial charge in [0.1, 0.15) is 18.0 Å². The molecule has 88 valence electrons. The highest BCUT2D eigenvalue weighted by Gasteiger charge is 2.15. The Balaban J connectivity index is 2.24. The minimum absolute atomic E-state index is 0.932. The normalized spacial score (nSPS) is 17.0. The van der Waals surface area contributed by atoms with Crippen LogP contribution in [-0.4, -0.2) is 41.6 Å². The molecule has 1 saturated heterocycles. The average molecular weight is 238 g/mol. The van der Waals surface area contributed by atoms with Gasteiger partial charge < -0.3 is 10.2 Å². The first-order valence-corrected chi connectivity index (χ1v) is 6.80. The molecule has 0 spiro atoms. The molecule has 1 aliphatic heterocycles. The zero-order valence-corrected chi connectivity index (χ0v) is 10.7. The van der Waals surface area contributed by atoms with Crippen LogP contribution in [0.5, 0.6) is 0 Å². The van der Waals surface area contributed by atoms with Crippen LogP contribution in [0.3, 0.4) is 0 Å². The molecule has 1 aromatic rings. The first kappa shape index (κ1) is 11.5. The Bertz CT molecular complexity index is 348. The monoisotopic (exact) mass is 238 g/mol. The van der Waals surface area contributed by atoms with Crippen molar-refractivity contribution in [1.29, 1.82) is 0 Å². The molecule has 1 N–H and O–H groups in total. The summed E-state index contributed by atoms with van der Waals surface area (Å²) in [7, 11) is 1.90. The molecule has 2 rings (SSSR count). The average Bonchev–Trinajstić information content (AvgIpc) is 2.58. The van der Waals surface area contributed by atoms with Gasteiger partial charge in [-0.25, -0.2) is 9.97 Å². The van der Waals surface area contributed by atoms with Crippen molar-refractivity contribution < 1.29 is 0 Å². The van der Waals surface area contributed by atoms with Crippen LogP contribution in [0.2, 0.25) is 0 Å². The zero-order chi connectivity index (χ0) is 11.4. The van der Waals surface area contributed by atoms with E-state index in [2.05, 4.69) is 27.1 Å². The van der Waals surface area contributed by atoms with Gasteiger partial charge in [-0.15, -0.1) is 0 Å². The summed E-state index contributed by atoms with van der Waals surface area (Å²) in [6.07, 6.45) is 2.88. The summed E-state index contributed by atoms with van der Waals surface area (Å²) in [5.74, 6) is 4.47. The molecule has 16 heavy (non-hydrogen) atoms. The third-order valence-electron chi connectivity index (χ3n) is 2.82. The van der Waals surface area contributed by atoms with Crippen molar-refractivity contribution in [2.75, 3.05) is 41.9 Å². The third-order valence-corrected chi connectivity index (χ3v) is 3.86. The summed E-state index contributed by atoms with van der Waals surface area (Å²) < 4.78 is 0. The van der Waals surface area contributed by atoms with E-state index in [1.54, 1.807) is 6.33 Å². The van der Waals surface area contributed by atoms with Crippen LogP contribution in [-0.2, 0) is 0 Å². The Morgan fingerprint density at radius 2 is 2.19 bits per heavy atom. The molecule has 2 heterocycles. The summed E-state index contributed by atoms with van der Waals surface area (Å²) >= 11 is 2.03. The van der Waals surface area contributed by atoms with E-state index in [4.69, 9.17) is 0 Å². The summed E-state index contributed by atoms with van der Waals surface area (Å²) in [5, 5.41) is 3.11. The second kappa shape index (κ2) is 5.39. The number of rotatable bonds is 2. The quantitative estimate of drug-likeness (QED) is 0.850. The maximum Gasteiger partial charge on any atom is 0.137 e. The van der Waals surface area contributed by atoms with E-state index in [0.29, 0.717) is 0 Å². The van der Waals surface area contributed by atoms with Crippen LogP contribution in [0.4, 0.5) is 11.6 Å². The summed E-state index contributed by atoms with van der Waals surface area (Å²) in [6, 6.07) is 0. The van der Waals surface area contributed by atoms with Gasteiger partial charge in [0.15, 0.2) is 0 Å². The summed E-state index contributed by atoms with van der Waals surface area (Å²) in [4.78, 5) is 11.0. The first-order valence-electron chi connectivity index (χ1n) is 5.65. The topological polar surface area (TPSA) is 41.1 Å². The van der Waals surface area contributed by atoms with Gasteiger partial charge in [0.2, 0.25) is 0 Å². The second-order valence-electron chi connectivity index (χ2n) is 3.87. The number of anilines is 2. The van der Waals surface area contributed by atoms with Crippen LogP contribution in [0.15, 0.2) is 6.33 Å². The molecule has 0 amide bonds. The van der Waals surface area contributed by atoms with Crippen molar-refractivity contribution >= 4 is 23.4 Å². The Morgan fingerprint density at radius 1 is 1.31 bits per heavy atom. The van der Waals surface area contributed by atoms with E-state index >= 15 is 0 Å². The minimum atomic E-state index is 0.932. The second-order valence-corrected chi connectivity index (χ2v) is 5.10. The number of nitrogens with zero attached hydrogens (tertiary/aromatic N) is 3. The van der Waals surface area contributed by atoms with E-state index in [-0.39, 0.29) is 0 Å². The van der Waals surface area contributed by atoms with E-state index in [1.165, 1.54) is 17.9 Å². The van der Waals surface area contributed by atoms with Crippen molar-refractivity contribution in [3.8, 4) is 0 Å². The molecule has 0 atom stereocenters. The van der Waals surface area contributed by atoms with Gasteiger partial charge in [-0.1, -0.05) is 0 Å². The molecule has 0 aromatic carbocycles. The van der Waals surface area contributed by atoms with E-state index in [0.717, 1.165) is 30.3 Å². The van der Waals surface area contributed by atoms with E-state index in [1.807, 2.05) is 18.8 Å². The van der Waals surface area contributed by atoms with E-state index < -0.39 is 0 Å². The Morgan fingerprint density at radius 3 is 3.00 bits per heavy atom.